The van der Waals surface area contributed by atoms with Crippen LogP contribution in [0.15, 0.2) is 18.3 Å². The predicted molar refractivity (Wildman–Crippen MR) is 113 cm³/mol. The van der Waals surface area contributed by atoms with E-state index in [9.17, 15) is 18.0 Å². The minimum Gasteiger partial charge on any atom is -0.377 e. The van der Waals surface area contributed by atoms with Gasteiger partial charge in [0.25, 0.3) is 0 Å². The molecule has 1 spiro atoms. The summed E-state index contributed by atoms with van der Waals surface area (Å²) in [5, 5.41) is 3.73. The van der Waals surface area contributed by atoms with Gasteiger partial charge in [0.1, 0.15) is 5.82 Å². The van der Waals surface area contributed by atoms with Crippen LogP contribution in [0.25, 0.3) is 0 Å². The molecule has 9 heteroatoms. The predicted octanol–water partition coefficient (Wildman–Crippen LogP) is 3.07. The lowest BCUT2D eigenvalue weighted by Crippen LogP contribution is -2.53. The monoisotopic (exact) mass is 452 g/mol. The van der Waals surface area contributed by atoms with Gasteiger partial charge in [0, 0.05) is 44.5 Å². The fourth-order valence-corrected chi connectivity index (χ4v) is 6.39. The van der Waals surface area contributed by atoms with Crippen molar-refractivity contribution in [1.82, 2.24) is 15.2 Å². The molecule has 1 aromatic heterocycles. The summed E-state index contributed by atoms with van der Waals surface area (Å²) in [5.74, 6) is 0.709. The number of nitrogens with zero attached hydrogens (tertiary/aromatic N) is 3. The van der Waals surface area contributed by atoms with Crippen molar-refractivity contribution in [3.05, 3.63) is 23.9 Å². The topological polar surface area (TPSA) is 57.7 Å². The van der Waals surface area contributed by atoms with Crippen LogP contribution in [0.2, 0.25) is 0 Å². The first kappa shape index (κ1) is 21.9. The summed E-state index contributed by atoms with van der Waals surface area (Å²) in [4.78, 5) is 21.6. The average Bonchev–Trinajstić information content (AvgIpc) is 3.43. The number of hydrogen-bond donors (Lipinski definition) is 1. The Morgan fingerprint density at radius 2 is 2.06 bits per heavy atom. The standard InChI is InChI=1S/C23H31F3N4O2/c1-14-19-13-29(20-11-16(4-7-27-20)23(24,25)26)8-9-30(19)21(31)22(14)6-3-17(12-22)28-18-5-10-32-15(18)2/h4,7,11,14-15,17-19,28H,3,5-6,8-10,12-13H2,1-2H3/t14?,15?,17-,18?,19?,22+/m1/s1. The molecule has 6 nitrogen and oxygen atoms in total. The van der Waals surface area contributed by atoms with Gasteiger partial charge in [-0.15, -0.1) is 0 Å². The van der Waals surface area contributed by atoms with Crippen LogP contribution in [-0.2, 0) is 15.7 Å². The van der Waals surface area contributed by atoms with Gasteiger partial charge in [0.15, 0.2) is 0 Å². The number of ether oxygens (including phenoxy) is 1. The van der Waals surface area contributed by atoms with E-state index in [0.717, 1.165) is 44.4 Å². The fourth-order valence-electron chi connectivity index (χ4n) is 6.39. The molecule has 5 rings (SSSR count). The van der Waals surface area contributed by atoms with Crippen molar-refractivity contribution in [2.24, 2.45) is 11.3 Å². The number of alkyl halides is 3. The number of pyridine rings is 1. The number of halogens is 3. The third-order valence-corrected chi connectivity index (χ3v) is 8.33. The highest BCUT2D eigenvalue weighted by Gasteiger charge is 2.60. The first-order valence-electron chi connectivity index (χ1n) is 11.7. The quantitative estimate of drug-likeness (QED) is 0.764. The molecule has 0 radical (unpaired) electrons. The van der Waals surface area contributed by atoms with E-state index in [2.05, 4.69) is 24.1 Å². The molecular weight excluding hydrogens is 421 g/mol. The summed E-state index contributed by atoms with van der Waals surface area (Å²) in [5.41, 5.74) is -1.06. The van der Waals surface area contributed by atoms with Crippen LogP contribution in [0.5, 0.6) is 0 Å². The zero-order valence-corrected chi connectivity index (χ0v) is 18.6. The molecular formula is C23H31F3N4O2. The maximum Gasteiger partial charge on any atom is 0.416 e. The highest BCUT2D eigenvalue weighted by molar-refractivity contribution is 5.87. The molecule has 3 aliphatic heterocycles. The van der Waals surface area contributed by atoms with Gasteiger partial charge in [-0.2, -0.15) is 13.2 Å². The number of piperazine rings is 1. The molecule has 3 saturated heterocycles. The van der Waals surface area contributed by atoms with Crippen LogP contribution in [-0.4, -0.2) is 66.3 Å². The van der Waals surface area contributed by atoms with Crippen molar-refractivity contribution >= 4 is 11.7 Å². The Morgan fingerprint density at radius 3 is 2.78 bits per heavy atom. The molecule has 4 aliphatic rings. The molecule has 4 unspecified atom stereocenters. The Balaban J connectivity index is 1.30. The third-order valence-electron chi connectivity index (χ3n) is 8.33. The second kappa shape index (κ2) is 7.87. The lowest BCUT2D eigenvalue weighted by atomic mass is 9.74. The van der Waals surface area contributed by atoms with E-state index in [1.165, 1.54) is 6.20 Å². The Bertz CT molecular complexity index is 881. The SMILES string of the molecule is CC1OCCC1N[C@@H]1CC[C@@]2(C1)C(=O)N1CCN(c3cc(C(F)(F)F)ccn3)CC1C2C. The largest absolute Gasteiger partial charge is 0.416 e. The molecule has 1 N–H and O–H groups in total. The zero-order valence-electron chi connectivity index (χ0n) is 18.6. The van der Waals surface area contributed by atoms with Crippen LogP contribution in [0.3, 0.4) is 0 Å². The van der Waals surface area contributed by atoms with E-state index in [-0.39, 0.29) is 29.4 Å². The Hall–Kier alpha value is -1.87. The zero-order chi connectivity index (χ0) is 22.7. The maximum absolute atomic E-state index is 13.5. The molecule has 4 heterocycles. The number of fused-ring (bicyclic) bond motifs is 1. The van der Waals surface area contributed by atoms with Crippen molar-refractivity contribution in [2.75, 3.05) is 31.1 Å². The van der Waals surface area contributed by atoms with Gasteiger partial charge in [-0.05, 0) is 50.7 Å². The van der Waals surface area contributed by atoms with Gasteiger partial charge in [-0.1, -0.05) is 6.92 Å². The third kappa shape index (κ3) is 3.57. The summed E-state index contributed by atoms with van der Waals surface area (Å²) in [6.07, 6.45) is 0.681. The van der Waals surface area contributed by atoms with Crippen LogP contribution in [0.1, 0.15) is 45.1 Å². The number of nitrogens with one attached hydrogen (secondary N) is 1. The second-order valence-corrected chi connectivity index (χ2v) is 9.93. The van der Waals surface area contributed by atoms with E-state index in [0.29, 0.717) is 37.5 Å². The average molecular weight is 453 g/mol. The van der Waals surface area contributed by atoms with Crippen LogP contribution < -0.4 is 10.2 Å². The molecule has 1 aromatic rings. The van der Waals surface area contributed by atoms with Gasteiger partial charge in [0.05, 0.1) is 23.1 Å². The number of hydrogen-bond acceptors (Lipinski definition) is 5. The summed E-state index contributed by atoms with van der Waals surface area (Å²) in [6, 6.07) is 2.76. The van der Waals surface area contributed by atoms with Crippen molar-refractivity contribution in [1.29, 1.82) is 0 Å². The molecule has 4 fully saturated rings. The number of rotatable bonds is 3. The van der Waals surface area contributed by atoms with E-state index >= 15 is 0 Å². The van der Waals surface area contributed by atoms with Gasteiger partial charge in [-0.3, -0.25) is 4.79 Å². The molecule has 1 amide bonds. The van der Waals surface area contributed by atoms with Crippen molar-refractivity contribution in [3.63, 3.8) is 0 Å². The number of amides is 1. The van der Waals surface area contributed by atoms with Crippen molar-refractivity contribution in [3.8, 4) is 0 Å². The minimum atomic E-state index is -4.39. The number of anilines is 1. The molecule has 176 valence electrons. The smallest absolute Gasteiger partial charge is 0.377 e. The fraction of sp³-hybridized carbons (Fsp3) is 0.739. The van der Waals surface area contributed by atoms with E-state index in [4.69, 9.17) is 4.74 Å². The first-order chi connectivity index (χ1) is 15.2. The normalized spacial score (nSPS) is 37.5. The van der Waals surface area contributed by atoms with Crippen LogP contribution in [0, 0.1) is 11.3 Å². The highest BCUT2D eigenvalue weighted by Crippen LogP contribution is 2.53. The van der Waals surface area contributed by atoms with E-state index in [1.54, 1.807) is 0 Å². The first-order valence-corrected chi connectivity index (χ1v) is 11.7. The number of carbonyl (C=O) groups is 1. The lowest BCUT2D eigenvalue weighted by Gasteiger charge is -2.39. The molecule has 1 aliphatic carbocycles. The lowest BCUT2D eigenvalue weighted by molar-refractivity contribution is -0.138. The van der Waals surface area contributed by atoms with Crippen molar-refractivity contribution in [2.45, 2.75) is 69.9 Å². The minimum absolute atomic E-state index is 0.0000744. The number of carbonyl (C=O) groups excluding carboxylic acids is 1. The van der Waals surface area contributed by atoms with E-state index < -0.39 is 11.7 Å². The Kier molecular flexibility index (Phi) is 5.40. The Labute approximate surface area is 186 Å². The molecule has 0 aromatic carbocycles. The number of aromatic nitrogens is 1. The summed E-state index contributed by atoms with van der Waals surface area (Å²) in [7, 11) is 0. The van der Waals surface area contributed by atoms with Gasteiger partial charge in [0.2, 0.25) is 5.91 Å². The van der Waals surface area contributed by atoms with Crippen molar-refractivity contribution < 1.29 is 22.7 Å². The van der Waals surface area contributed by atoms with Crippen LogP contribution >= 0.6 is 0 Å². The van der Waals surface area contributed by atoms with Crippen LogP contribution in [0.4, 0.5) is 19.0 Å². The molecule has 0 bridgehead atoms. The van der Waals surface area contributed by atoms with Gasteiger partial charge < -0.3 is 19.9 Å². The summed E-state index contributed by atoms with van der Waals surface area (Å²) in [6.45, 7) is 6.57. The van der Waals surface area contributed by atoms with Gasteiger partial charge >= 0.3 is 6.18 Å². The molecule has 1 saturated carbocycles. The Morgan fingerprint density at radius 1 is 1.25 bits per heavy atom. The summed E-state index contributed by atoms with van der Waals surface area (Å²) < 4.78 is 45.1. The van der Waals surface area contributed by atoms with Gasteiger partial charge in [-0.25, -0.2) is 4.98 Å². The summed E-state index contributed by atoms with van der Waals surface area (Å²) >= 11 is 0. The molecule has 6 atom stereocenters. The second-order valence-electron chi connectivity index (χ2n) is 9.93. The molecule has 32 heavy (non-hydrogen) atoms. The highest BCUT2D eigenvalue weighted by atomic mass is 19.4. The van der Waals surface area contributed by atoms with E-state index in [1.807, 2.05) is 9.80 Å². The maximum atomic E-state index is 13.5.